The highest BCUT2D eigenvalue weighted by Crippen LogP contribution is 2.36. The van der Waals surface area contributed by atoms with E-state index in [4.69, 9.17) is 23.2 Å². The normalized spacial score (nSPS) is 13.9. The molecule has 6 heteroatoms. The minimum atomic E-state index is -0.399. The fraction of sp³-hybridized carbons (Fsp3) is 0.0833. The first-order valence-electron chi connectivity index (χ1n) is 9.38. The molecule has 0 aromatic heterocycles. The number of rotatable bonds is 5. The number of aryl methyl sites for hydroxylation is 1. The molecule has 0 unspecified atom stereocenters. The van der Waals surface area contributed by atoms with Gasteiger partial charge in [-0.2, -0.15) is 0 Å². The molecule has 1 N–H and O–H groups in total. The van der Waals surface area contributed by atoms with Crippen molar-refractivity contribution in [1.82, 2.24) is 4.90 Å². The zero-order chi connectivity index (χ0) is 21.3. The van der Waals surface area contributed by atoms with Gasteiger partial charge in [0, 0.05) is 16.3 Å². The van der Waals surface area contributed by atoms with Gasteiger partial charge in [0.15, 0.2) is 0 Å². The van der Waals surface area contributed by atoms with Crippen molar-refractivity contribution < 1.29 is 9.59 Å². The number of para-hydroxylation sites is 1. The summed E-state index contributed by atoms with van der Waals surface area (Å²) in [5.41, 5.74) is 3.46. The second-order valence-corrected chi connectivity index (χ2v) is 7.84. The molecule has 0 atom stereocenters. The van der Waals surface area contributed by atoms with Crippen LogP contribution in [0.2, 0.25) is 10.0 Å². The fourth-order valence-corrected chi connectivity index (χ4v) is 3.89. The van der Waals surface area contributed by atoms with Gasteiger partial charge in [0.2, 0.25) is 0 Å². The van der Waals surface area contributed by atoms with Crippen LogP contribution < -0.4 is 5.32 Å². The third-order valence-electron chi connectivity index (χ3n) is 4.96. The predicted molar refractivity (Wildman–Crippen MR) is 120 cm³/mol. The molecule has 0 spiro atoms. The molecule has 30 heavy (non-hydrogen) atoms. The van der Waals surface area contributed by atoms with Crippen LogP contribution in [0.5, 0.6) is 0 Å². The Hall–Kier alpha value is -3.08. The number of nitrogens with zero attached hydrogens (tertiary/aromatic N) is 1. The number of anilines is 1. The van der Waals surface area contributed by atoms with E-state index in [1.165, 1.54) is 4.90 Å². The number of imide groups is 1. The van der Waals surface area contributed by atoms with Gasteiger partial charge in [-0.15, -0.1) is 0 Å². The first-order chi connectivity index (χ1) is 14.5. The first kappa shape index (κ1) is 20.2. The summed E-state index contributed by atoms with van der Waals surface area (Å²) in [5, 5.41) is 3.94. The molecule has 4 nitrogen and oxygen atoms in total. The minimum absolute atomic E-state index is 0.173. The number of benzene rings is 3. The summed E-state index contributed by atoms with van der Waals surface area (Å²) in [6.07, 6.45) is 0. The topological polar surface area (TPSA) is 49.4 Å². The standard InChI is InChI=1S/C24H18Cl2N2O2/c1-15-7-5-6-10-20(15)27-22-21(18-12-11-17(25)13-19(18)26)23(29)28(24(22)30)14-16-8-3-2-4-9-16/h2-13,27H,14H2,1H3. The highest BCUT2D eigenvalue weighted by atomic mass is 35.5. The van der Waals surface area contributed by atoms with Crippen molar-refractivity contribution in [2.75, 3.05) is 5.32 Å². The lowest BCUT2D eigenvalue weighted by Gasteiger charge is -2.15. The molecule has 2 amide bonds. The van der Waals surface area contributed by atoms with Gasteiger partial charge in [0.25, 0.3) is 11.8 Å². The molecular formula is C24H18Cl2N2O2. The van der Waals surface area contributed by atoms with Crippen LogP contribution in [0.25, 0.3) is 5.57 Å². The van der Waals surface area contributed by atoms with Gasteiger partial charge in [-0.1, -0.05) is 77.8 Å². The SMILES string of the molecule is Cc1ccccc1NC1=C(c2ccc(Cl)cc2Cl)C(=O)N(Cc2ccccc2)C1=O. The van der Waals surface area contributed by atoms with Crippen LogP contribution >= 0.6 is 23.2 Å². The quantitative estimate of drug-likeness (QED) is 0.522. The van der Waals surface area contributed by atoms with Crippen LogP contribution in [0.3, 0.4) is 0 Å². The van der Waals surface area contributed by atoms with E-state index in [1.54, 1.807) is 18.2 Å². The van der Waals surface area contributed by atoms with E-state index in [1.807, 2.05) is 61.5 Å². The summed E-state index contributed by atoms with van der Waals surface area (Å²) in [6, 6.07) is 21.8. The maximum Gasteiger partial charge on any atom is 0.278 e. The number of hydrogen-bond donors (Lipinski definition) is 1. The Morgan fingerprint density at radius 1 is 0.867 bits per heavy atom. The average Bonchev–Trinajstić information content (AvgIpc) is 2.95. The van der Waals surface area contributed by atoms with E-state index < -0.39 is 11.8 Å². The molecule has 4 rings (SSSR count). The number of halogens is 2. The van der Waals surface area contributed by atoms with E-state index in [9.17, 15) is 9.59 Å². The molecule has 1 aliphatic rings. The number of carbonyl (C=O) groups is 2. The second kappa shape index (κ2) is 8.34. The zero-order valence-electron chi connectivity index (χ0n) is 16.2. The summed E-state index contributed by atoms with van der Waals surface area (Å²) in [7, 11) is 0. The number of amides is 2. The molecule has 0 fully saturated rings. The highest BCUT2D eigenvalue weighted by molar-refractivity contribution is 6.41. The van der Waals surface area contributed by atoms with Crippen LogP contribution in [0, 0.1) is 6.92 Å². The van der Waals surface area contributed by atoms with Crippen molar-refractivity contribution in [3.05, 3.63) is 105 Å². The lowest BCUT2D eigenvalue weighted by molar-refractivity contribution is -0.137. The van der Waals surface area contributed by atoms with E-state index in [-0.39, 0.29) is 17.8 Å². The summed E-state index contributed by atoms with van der Waals surface area (Å²) in [5.74, 6) is -0.794. The molecule has 0 saturated carbocycles. The molecule has 0 radical (unpaired) electrons. The fourth-order valence-electron chi connectivity index (χ4n) is 3.39. The van der Waals surface area contributed by atoms with Crippen molar-refractivity contribution in [3.8, 4) is 0 Å². The summed E-state index contributed by atoms with van der Waals surface area (Å²) in [6.45, 7) is 2.10. The van der Waals surface area contributed by atoms with Crippen LogP contribution in [0.1, 0.15) is 16.7 Å². The highest BCUT2D eigenvalue weighted by Gasteiger charge is 2.40. The van der Waals surface area contributed by atoms with E-state index in [0.717, 1.165) is 16.8 Å². The number of hydrogen-bond acceptors (Lipinski definition) is 3. The van der Waals surface area contributed by atoms with E-state index in [2.05, 4.69) is 5.32 Å². The van der Waals surface area contributed by atoms with E-state index >= 15 is 0 Å². The Bertz CT molecular complexity index is 1170. The van der Waals surface area contributed by atoms with Crippen molar-refractivity contribution in [3.63, 3.8) is 0 Å². The van der Waals surface area contributed by atoms with Crippen molar-refractivity contribution >= 4 is 46.3 Å². The van der Waals surface area contributed by atoms with Gasteiger partial charge in [-0.25, -0.2) is 0 Å². The third kappa shape index (κ3) is 3.84. The van der Waals surface area contributed by atoms with Crippen LogP contribution in [-0.4, -0.2) is 16.7 Å². The molecule has 1 aliphatic heterocycles. The Morgan fingerprint density at radius 3 is 2.27 bits per heavy atom. The summed E-state index contributed by atoms with van der Waals surface area (Å²) < 4.78 is 0. The zero-order valence-corrected chi connectivity index (χ0v) is 17.7. The lowest BCUT2D eigenvalue weighted by atomic mass is 10.0. The van der Waals surface area contributed by atoms with Gasteiger partial charge < -0.3 is 5.32 Å². The molecule has 150 valence electrons. The predicted octanol–water partition coefficient (Wildman–Crippen LogP) is 5.69. The molecule has 0 saturated heterocycles. The Morgan fingerprint density at radius 2 is 1.57 bits per heavy atom. The third-order valence-corrected chi connectivity index (χ3v) is 5.50. The molecule has 0 aliphatic carbocycles. The molecular weight excluding hydrogens is 419 g/mol. The van der Waals surface area contributed by atoms with Gasteiger partial charge in [0.05, 0.1) is 17.1 Å². The monoisotopic (exact) mass is 436 g/mol. The summed E-state index contributed by atoms with van der Waals surface area (Å²) >= 11 is 12.4. The average molecular weight is 437 g/mol. The Balaban J connectivity index is 1.80. The summed E-state index contributed by atoms with van der Waals surface area (Å²) in [4.78, 5) is 27.9. The van der Waals surface area contributed by atoms with Crippen molar-refractivity contribution in [2.45, 2.75) is 13.5 Å². The van der Waals surface area contributed by atoms with E-state index in [0.29, 0.717) is 15.6 Å². The Kier molecular flexibility index (Phi) is 5.62. The smallest absolute Gasteiger partial charge is 0.278 e. The molecule has 0 bridgehead atoms. The Labute approximate surface area is 184 Å². The maximum atomic E-state index is 13.4. The molecule has 1 heterocycles. The largest absolute Gasteiger partial charge is 0.350 e. The van der Waals surface area contributed by atoms with Crippen molar-refractivity contribution in [1.29, 1.82) is 0 Å². The van der Waals surface area contributed by atoms with Gasteiger partial charge in [-0.05, 0) is 36.2 Å². The van der Waals surface area contributed by atoms with Gasteiger partial charge >= 0.3 is 0 Å². The van der Waals surface area contributed by atoms with Crippen molar-refractivity contribution in [2.24, 2.45) is 0 Å². The number of carbonyl (C=O) groups excluding carboxylic acids is 2. The minimum Gasteiger partial charge on any atom is -0.350 e. The van der Waals surface area contributed by atoms with Crippen LogP contribution in [0.4, 0.5) is 5.69 Å². The maximum absolute atomic E-state index is 13.4. The second-order valence-electron chi connectivity index (χ2n) is 7.00. The van der Waals surface area contributed by atoms with Crippen LogP contribution in [-0.2, 0) is 16.1 Å². The van der Waals surface area contributed by atoms with Crippen LogP contribution in [0.15, 0.2) is 78.5 Å². The number of nitrogens with one attached hydrogen (secondary N) is 1. The molecule has 3 aromatic rings. The van der Waals surface area contributed by atoms with Gasteiger partial charge in [-0.3, -0.25) is 14.5 Å². The molecule has 3 aromatic carbocycles. The lowest BCUT2D eigenvalue weighted by Crippen LogP contribution is -2.32. The first-order valence-corrected chi connectivity index (χ1v) is 10.1. The van der Waals surface area contributed by atoms with Gasteiger partial charge in [0.1, 0.15) is 5.70 Å².